The quantitative estimate of drug-likeness (QED) is 0.442. The fraction of sp³-hybridized carbons (Fsp3) is 0.444. The molecule has 9 nitrogen and oxygen atoms in total. The molecule has 9 heteroatoms. The highest BCUT2D eigenvalue weighted by Crippen LogP contribution is 2.23. The Kier molecular flexibility index (Phi) is 7.43. The van der Waals surface area contributed by atoms with E-state index in [0.29, 0.717) is 24.1 Å². The van der Waals surface area contributed by atoms with Crippen LogP contribution in [-0.4, -0.2) is 86.9 Å². The number of pyridine rings is 1. The van der Waals surface area contributed by atoms with Crippen molar-refractivity contribution in [2.75, 3.05) is 51.6 Å². The molecule has 2 fully saturated rings. The van der Waals surface area contributed by atoms with Crippen LogP contribution in [0, 0.1) is 5.92 Å². The molecule has 1 aromatic carbocycles. The summed E-state index contributed by atoms with van der Waals surface area (Å²) < 4.78 is 1.73. The van der Waals surface area contributed by atoms with Gasteiger partial charge in [0.15, 0.2) is 0 Å². The van der Waals surface area contributed by atoms with Gasteiger partial charge in [-0.25, -0.2) is 4.98 Å². The number of hydrogen-bond donors (Lipinski definition) is 2. The van der Waals surface area contributed by atoms with Crippen LogP contribution in [0.3, 0.4) is 0 Å². The molecule has 1 unspecified atom stereocenters. The number of nitrogens with zero attached hydrogens (tertiary/aromatic N) is 6. The van der Waals surface area contributed by atoms with E-state index < -0.39 is 6.23 Å². The number of hydrogen-bond acceptors (Lipinski definition) is 8. The zero-order chi connectivity index (χ0) is 25.1. The summed E-state index contributed by atoms with van der Waals surface area (Å²) >= 11 is 0. The van der Waals surface area contributed by atoms with Crippen molar-refractivity contribution in [2.45, 2.75) is 25.7 Å². The van der Waals surface area contributed by atoms with E-state index in [-0.39, 0.29) is 5.56 Å². The fourth-order valence-corrected chi connectivity index (χ4v) is 4.90. The highest BCUT2D eigenvalue weighted by atomic mass is 16.3. The number of fused-ring (bicyclic) bond motifs is 1. The molecule has 0 saturated carbocycles. The van der Waals surface area contributed by atoms with Crippen LogP contribution >= 0.6 is 0 Å². The van der Waals surface area contributed by atoms with Gasteiger partial charge in [-0.2, -0.15) is 4.98 Å². The van der Waals surface area contributed by atoms with Crippen LogP contribution in [-0.2, 0) is 13.1 Å². The summed E-state index contributed by atoms with van der Waals surface area (Å²) in [5, 5.41) is 14.0. The molecule has 3 aromatic rings. The summed E-state index contributed by atoms with van der Waals surface area (Å²) in [6.45, 7) is 11.2. The Balaban J connectivity index is 1.24. The molecule has 2 aliphatic heterocycles. The maximum Gasteiger partial charge on any atom is 0.252 e. The summed E-state index contributed by atoms with van der Waals surface area (Å²) in [5.41, 5.74) is 2.77. The third kappa shape index (κ3) is 5.65. The van der Waals surface area contributed by atoms with Crippen molar-refractivity contribution in [1.29, 1.82) is 0 Å². The van der Waals surface area contributed by atoms with Gasteiger partial charge in [0.1, 0.15) is 11.9 Å². The third-order valence-electron chi connectivity index (χ3n) is 7.27. The lowest BCUT2D eigenvalue weighted by atomic mass is 9.96. The first-order valence-electron chi connectivity index (χ1n) is 12.7. The standard InChI is InChI=1S/C27H35N7O2/c1-3-24(35)33-18-21(19-33)10-11-34-25(36)9-6-22-16-28-27(30-26(22)34)29-23-7-4-20(5-8-23)17-32-14-12-31(2)13-15-32/h3-9,16,21,24,35H,1,10-15,17-19H2,2H3,(H,28,29,30). The van der Waals surface area contributed by atoms with Gasteiger partial charge in [-0.05, 0) is 49.2 Å². The van der Waals surface area contributed by atoms with E-state index in [1.807, 2.05) is 4.90 Å². The maximum atomic E-state index is 12.7. The van der Waals surface area contributed by atoms with Gasteiger partial charge in [0, 0.05) is 75.7 Å². The number of nitrogens with one attached hydrogen (secondary N) is 1. The molecule has 1 atom stereocenters. The van der Waals surface area contributed by atoms with Gasteiger partial charge in [0.05, 0.1) is 0 Å². The number of aliphatic hydroxyl groups is 1. The van der Waals surface area contributed by atoms with Crippen LogP contribution in [0.4, 0.5) is 11.6 Å². The van der Waals surface area contributed by atoms with Crippen molar-refractivity contribution in [2.24, 2.45) is 5.92 Å². The minimum Gasteiger partial charge on any atom is -0.375 e. The molecule has 36 heavy (non-hydrogen) atoms. The van der Waals surface area contributed by atoms with E-state index in [4.69, 9.17) is 4.98 Å². The smallest absolute Gasteiger partial charge is 0.252 e. The summed E-state index contributed by atoms with van der Waals surface area (Å²) in [4.78, 5) is 28.6. The lowest BCUT2D eigenvalue weighted by molar-refractivity contribution is -0.0387. The van der Waals surface area contributed by atoms with Gasteiger partial charge in [0.2, 0.25) is 5.95 Å². The number of likely N-dealkylation sites (N-methyl/N-ethyl adjacent to an activating group) is 1. The molecule has 4 heterocycles. The average molecular weight is 490 g/mol. The molecule has 2 saturated heterocycles. The van der Waals surface area contributed by atoms with E-state index in [1.54, 1.807) is 22.9 Å². The van der Waals surface area contributed by atoms with Crippen molar-refractivity contribution in [3.63, 3.8) is 0 Å². The van der Waals surface area contributed by atoms with Crippen molar-refractivity contribution < 1.29 is 5.11 Å². The van der Waals surface area contributed by atoms with Gasteiger partial charge in [-0.1, -0.05) is 18.7 Å². The first kappa shape index (κ1) is 24.6. The number of piperazine rings is 1. The first-order valence-corrected chi connectivity index (χ1v) is 12.7. The van der Waals surface area contributed by atoms with Crippen LogP contribution < -0.4 is 10.9 Å². The largest absolute Gasteiger partial charge is 0.375 e. The Morgan fingerprint density at radius 3 is 2.61 bits per heavy atom. The predicted octanol–water partition coefficient (Wildman–Crippen LogP) is 2.11. The van der Waals surface area contributed by atoms with Gasteiger partial charge in [-0.15, -0.1) is 0 Å². The highest BCUT2D eigenvalue weighted by Gasteiger charge is 2.29. The van der Waals surface area contributed by atoms with Gasteiger partial charge in [-0.3, -0.25) is 19.2 Å². The first-order chi connectivity index (χ1) is 17.5. The summed E-state index contributed by atoms with van der Waals surface area (Å²) in [7, 11) is 2.17. The fourth-order valence-electron chi connectivity index (χ4n) is 4.90. The molecule has 0 spiro atoms. The molecule has 2 aliphatic rings. The highest BCUT2D eigenvalue weighted by molar-refractivity contribution is 5.75. The number of anilines is 2. The molecule has 2 aromatic heterocycles. The van der Waals surface area contributed by atoms with E-state index in [1.165, 1.54) is 11.6 Å². The predicted molar refractivity (Wildman–Crippen MR) is 142 cm³/mol. The van der Waals surface area contributed by atoms with Gasteiger partial charge < -0.3 is 15.3 Å². The molecule has 190 valence electrons. The van der Waals surface area contributed by atoms with Crippen LogP contribution in [0.1, 0.15) is 12.0 Å². The number of aliphatic hydroxyl groups excluding tert-OH is 1. The van der Waals surface area contributed by atoms with Crippen LogP contribution in [0.25, 0.3) is 11.0 Å². The molecular weight excluding hydrogens is 454 g/mol. The molecule has 0 aliphatic carbocycles. The lowest BCUT2D eigenvalue weighted by Crippen LogP contribution is -2.51. The molecular formula is C27H35N7O2. The normalized spacial score (nSPS) is 18.7. The lowest BCUT2D eigenvalue weighted by Gasteiger charge is -2.41. The molecule has 0 amide bonds. The molecule has 0 bridgehead atoms. The van der Waals surface area contributed by atoms with Crippen molar-refractivity contribution >= 4 is 22.7 Å². The minimum atomic E-state index is -0.594. The average Bonchev–Trinajstić information content (AvgIpc) is 2.86. The molecule has 5 rings (SSSR count). The minimum absolute atomic E-state index is 0.0669. The second kappa shape index (κ2) is 10.9. The number of benzene rings is 1. The summed E-state index contributed by atoms with van der Waals surface area (Å²) in [6, 6.07) is 11.7. The zero-order valence-corrected chi connectivity index (χ0v) is 20.9. The number of rotatable bonds is 9. The van der Waals surface area contributed by atoms with E-state index >= 15 is 0 Å². The Morgan fingerprint density at radius 2 is 1.89 bits per heavy atom. The third-order valence-corrected chi connectivity index (χ3v) is 7.27. The van der Waals surface area contributed by atoms with E-state index in [9.17, 15) is 9.90 Å². The second-order valence-corrected chi connectivity index (χ2v) is 9.96. The zero-order valence-electron chi connectivity index (χ0n) is 20.9. The molecule has 0 radical (unpaired) electrons. The Hall–Kier alpha value is -3.11. The second-order valence-electron chi connectivity index (χ2n) is 9.96. The van der Waals surface area contributed by atoms with Crippen molar-refractivity contribution in [1.82, 2.24) is 29.2 Å². The van der Waals surface area contributed by atoms with E-state index in [2.05, 4.69) is 58.0 Å². The topological polar surface area (TPSA) is 89.8 Å². The number of aromatic nitrogens is 3. The Labute approximate surface area is 211 Å². The van der Waals surface area contributed by atoms with Crippen molar-refractivity contribution in [3.05, 3.63) is 71.2 Å². The van der Waals surface area contributed by atoms with Crippen LogP contribution in [0.5, 0.6) is 0 Å². The Bertz CT molecular complexity index is 1250. The van der Waals surface area contributed by atoms with E-state index in [0.717, 1.165) is 63.3 Å². The van der Waals surface area contributed by atoms with Gasteiger partial charge in [0.25, 0.3) is 5.56 Å². The van der Waals surface area contributed by atoms with Gasteiger partial charge >= 0.3 is 0 Å². The monoisotopic (exact) mass is 489 g/mol. The maximum absolute atomic E-state index is 12.7. The van der Waals surface area contributed by atoms with Crippen LogP contribution in [0.15, 0.2) is 60.0 Å². The SMILES string of the molecule is C=CC(O)N1CC(CCn2c(=O)ccc3cnc(Nc4ccc(CN5CCN(C)CC5)cc4)nc32)C1. The summed E-state index contributed by atoms with van der Waals surface area (Å²) in [5.74, 6) is 0.906. The number of aryl methyl sites for hydroxylation is 1. The van der Waals surface area contributed by atoms with Crippen LogP contribution in [0.2, 0.25) is 0 Å². The molecule has 2 N–H and O–H groups in total. The van der Waals surface area contributed by atoms with Crippen molar-refractivity contribution in [3.8, 4) is 0 Å². The summed E-state index contributed by atoms with van der Waals surface area (Å²) in [6.07, 6.45) is 3.55. The Morgan fingerprint density at radius 1 is 1.14 bits per heavy atom. The number of likely N-dealkylation sites (tertiary alicyclic amines) is 1.